The Morgan fingerprint density at radius 1 is 1.21 bits per heavy atom. The van der Waals surface area contributed by atoms with Crippen LogP contribution in [0.4, 0.5) is 0 Å². The van der Waals surface area contributed by atoms with E-state index in [1.165, 1.54) is 43.2 Å². The molecule has 0 radical (unpaired) electrons. The maximum atomic E-state index is 6.60. The largest absolute Gasteiger partial charge is 0.373 e. The predicted molar refractivity (Wildman–Crippen MR) is 78.2 cm³/mol. The van der Waals surface area contributed by atoms with E-state index in [1.807, 2.05) is 0 Å². The van der Waals surface area contributed by atoms with Gasteiger partial charge in [0.1, 0.15) is 0 Å². The highest BCUT2D eigenvalue weighted by atomic mass is 16.5. The molecule has 19 heavy (non-hydrogen) atoms. The summed E-state index contributed by atoms with van der Waals surface area (Å²) in [6.45, 7) is 3.05. The van der Waals surface area contributed by atoms with E-state index >= 15 is 0 Å². The summed E-state index contributed by atoms with van der Waals surface area (Å²) < 4.78 is 6.04. The molecule has 0 spiro atoms. The second kappa shape index (κ2) is 5.26. The lowest BCUT2D eigenvalue weighted by Crippen LogP contribution is -2.44. The molecule has 1 aromatic rings. The molecule has 1 saturated carbocycles. The van der Waals surface area contributed by atoms with Crippen LogP contribution in [-0.2, 0) is 4.74 Å². The Morgan fingerprint density at radius 2 is 2.00 bits per heavy atom. The van der Waals surface area contributed by atoms with Gasteiger partial charge in [-0.3, -0.25) is 0 Å². The average Bonchev–Trinajstić information content (AvgIpc) is 2.37. The van der Waals surface area contributed by atoms with Crippen LogP contribution in [0, 0.1) is 0 Å². The number of hydrogen-bond donors (Lipinski definition) is 1. The molecule has 104 valence electrons. The molecular formula is C17H25NO. The van der Waals surface area contributed by atoms with E-state index in [1.54, 1.807) is 0 Å². The molecule has 2 nitrogen and oxygen atoms in total. The van der Waals surface area contributed by atoms with E-state index in [0.717, 1.165) is 18.9 Å². The molecule has 2 aliphatic rings. The highest BCUT2D eigenvalue weighted by molar-refractivity contribution is 5.35. The van der Waals surface area contributed by atoms with Crippen LogP contribution in [0.15, 0.2) is 24.3 Å². The van der Waals surface area contributed by atoms with Crippen LogP contribution in [0.25, 0.3) is 0 Å². The van der Waals surface area contributed by atoms with Gasteiger partial charge in [-0.25, -0.2) is 0 Å². The first-order chi connectivity index (χ1) is 9.21. The van der Waals surface area contributed by atoms with Gasteiger partial charge in [0.05, 0.1) is 11.6 Å². The van der Waals surface area contributed by atoms with Crippen molar-refractivity contribution in [1.82, 2.24) is 0 Å². The van der Waals surface area contributed by atoms with E-state index in [0.29, 0.717) is 0 Å². The SMILES string of the molecule is CC1(C(N)c2ccccc2C2CCC2)CCCCO1. The lowest BCUT2D eigenvalue weighted by atomic mass is 9.74. The van der Waals surface area contributed by atoms with E-state index in [4.69, 9.17) is 10.5 Å². The summed E-state index contributed by atoms with van der Waals surface area (Å²) in [5.41, 5.74) is 9.20. The Kier molecular flexibility index (Phi) is 3.64. The summed E-state index contributed by atoms with van der Waals surface area (Å²) in [6, 6.07) is 8.74. The molecule has 1 heterocycles. The predicted octanol–water partition coefficient (Wildman–Crippen LogP) is 3.91. The third kappa shape index (κ3) is 2.44. The second-order valence-electron chi connectivity index (χ2n) is 6.35. The van der Waals surface area contributed by atoms with Crippen LogP contribution >= 0.6 is 0 Å². The van der Waals surface area contributed by atoms with Gasteiger partial charge in [-0.2, -0.15) is 0 Å². The van der Waals surface area contributed by atoms with Gasteiger partial charge < -0.3 is 10.5 Å². The molecule has 1 aliphatic heterocycles. The van der Waals surface area contributed by atoms with Gasteiger partial charge in [0.15, 0.2) is 0 Å². The highest BCUT2D eigenvalue weighted by Crippen LogP contribution is 2.42. The Morgan fingerprint density at radius 3 is 2.63 bits per heavy atom. The van der Waals surface area contributed by atoms with Crippen molar-refractivity contribution in [3.63, 3.8) is 0 Å². The van der Waals surface area contributed by atoms with Crippen molar-refractivity contribution in [3.8, 4) is 0 Å². The number of hydrogen-bond acceptors (Lipinski definition) is 2. The van der Waals surface area contributed by atoms with Crippen LogP contribution in [-0.4, -0.2) is 12.2 Å². The van der Waals surface area contributed by atoms with E-state index in [2.05, 4.69) is 31.2 Å². The van der Waals surface area contributed by atoms with E-state index in [9.17, 15) is 0 Å². The number of rotatable bonds is 3. The minimum absolute atomic E-state index is 0.00426. The van der Waals surface area contributed by atoms with Gasteiger partial charge in [-0.05, 0) is 56.1 Å². The number of nitrogens with two attached hydrogens (primary N) is 1. The quantitative estimate of drug-likeness (QED) is 0.893. The Labute approximate surface area is 116 Å². The van der Waals surface area contributed by atoms with Crippen molar-refractivity contribution in [3.05, 3.63) is 35.4 Å². The van der Waals surface area contributed by atoms with E-state index < -0.39 is 0 Å². The Bertz CT molecular complexity index is 433. The van der Waals surface area contributed by atoms with Crippen molar-refractivity contribution in [1.29, 1.82) is 0 Å². The molecule has 1 aliphatic carbocycles. The monoisotopic (exact) mass is 259 g/mol. The van der Waals surface area contributed by atoms with Crippen LogP contribution in [0.5, 0.6) is 0 Å². The topological polar surface area (TPSA) is 35.2 Å². The Balaban J connectivity index is 1.88. The number of benzene rings is 1. The zero-order valence-corrected chi connectivity index (χ0v) is 11.9. The maximum absolute atomic E-state index is 6.60. The van der Waals surface area contributed by atoms with Gasteiger partial charge in [0.2, 0.25) is 0 Å². The van der Waals surface area contributed by atoms with Crippen molar-refractivity contribution >= 4 is 0 Å². The van der Waals surface area contributed by atoms with Gasteiger partial charge in [-0.1, -0.05) is 30.7 Å². The van der Waals surface area contributed by atoms with Crippen molar-refractivity contribution in [2.24, 2.45) is 5.73 Å². The molecule has 0 aromatic heterocycles. The Hall–Kier alpha value is -0.860. The third-order valence-corrected chi connectivity index (χ3v) is 5.03. The van der Waals surface area contributed by atoms with Gasteiger partial charge in [0, 0.05) is 6.61 Å². The van der Waals surface area contributed by atoms with Gasteiger partial charge >= 0.3 is 0 Å². The third-order valence-electron chi connectivity index (χ3n) is 5.03. The molecule has 0 amide bonds. The molecule has 2 fully saturated rings. The lowest BCUT2D eigenvalue weighted by molar-refractivity contribution is -0.0823. The molecule has 2 unspecified atom stereocenters. The van der Waals surface area contributed by atoms with Crippen molar-refractivity contribution in [2.45, 2.75) is 63.0 Å². The minimum Gasteiger partial charge on any atom is -0.373 e. The molecule has 1 saturated heterocycles. The maximum Gasteiger partial charge on any atom is 0.0846 e. The first-order valence-corrected chi connectivity index (χ1v) is 7.69. The van der Waals surface area contributed by atoms with Crippen LogP contribution in [0.3, 0.4) is 0 Å². The average molecular weight is 259 g/mol. The molecular weight excluding hydrogens is 234 g/mol. The summed E-state index contributed by atoms with van der Waals surface area (Å²) in [5, 5.41) is 0. The zero-order valence-electron chi connectivity index (χ0n) is 11.9. The minimum atomic E-state index is -0.182. The summed E-state index contributed by atoms with van der Waals surface area (Å²) >= 11 is 0. The summed E-state index contributed by atoms with van der Waals surface area (Å²) in [4.78, 5) is 0. The first-order valence-electron chi connectivity index (χ1n) is 7.69. The zero-order chi connectivity index (χ0) is 13.3. The number of ether oxygens (including phenoxy) is 1. The molecule has 3 rings (SSSR count). The van der Waals surface area contributed by atoms with Gasteiger partial charge in [0.25, 0.3) is 0 Å². The highest BCUT2D eigenvalue weighted by Gasteiger charge is 2.37. The summed E-state index contributed by atoms with van der Waals surface area (Å²) in [6.07, 6.45) is 7.49. The first kappa shape index (κ1) is 13.1. The molecule has 1 aromatic carbocycles. The van der Waals surface area contributed by atoms with Crippen molar-refractivity contribution < 1.29 is 4.74 Å². The normalized spacial score (nSPS) is 29.8. The molecule has 0 bridgehead atoms. The fraction of sp³-hybridized carbons (Fsp3) is 0.647. The fourth-order valence-corrected chi connectivity index (χ4v) is 3.41. The van der Waals surface area contributed by atoms with E-state index in [-0.39, 0.29) is 11.6 Å². The van der Waals surface area contributed by atoms with Crippen LogP contribution in [0.2, 0.25) is 0 Å². The standard InChI is InChI=1S/C17H25NO/c1-17(11-4-5-12-19-17)16(18)15-10-3-2-9-14(15)13-7-6-8-13/h2-3,9-10,13,16H,4-8,11-12,18H2,1H3. The van der Waals surface area contributed by atoms with Crippen LogP contribution in [0.1, 0.15) is 68.5 Å². The van der Waals surface area contributed by atoms with Crippen molar-refractivity contribution in [2.75, 3.05) is 6.61 Å². The molecule has 2 N–H and O–H groups in total. The fourth-order valence-electron chi connectivity index (χ4n) is 3.41. The lowest BCUT2D eigenvalue weighted by Gasteiger charge is -2.40. The smallest absolute Gasteiger partial charge is 0.0846 e. The second-order valence-corrected chi connectivity index (χ2v) is 6.35. The van der Waals surface area contributed by atoms with Gasteiger partial charge in [-0.15, -0.1) is 0 Å². The summed E-state index contributed by atoms with van der Waals surface area (Å²) in [7, 11) is 0. The molecule has 2 atom stereocenters. The van der Waals surface area contributed by atoms with Crippen LogP contribution < -0.4 is 5.73 Å². The summed E-state index contributed by atoms with van der Waals surface area (Å²) in [5.74, 6) is 0.731. The molecule has 2 heteroatoms.